The molecule has 0 amide bonds. The van der Waals surface area contributed by atoms with Crippen LogP contribution >= 0.6 is 0 Å². The third kappa shape index (κ3) is 3.80. The first kappa shape index (κ1) is 19.7. The lowest BCUT2D eigenvalue weighted by Gasteiger charge is -2.09. The van der Waals surface area contributed by atoms with Gasteiger partial charge in [0.25, 0.3) is 20.2 Å². The Kier molecular flexibility index (Phi) is 4.81. The van der Waals surface area contributed by atoms with Crippen LogP contribution in [0.2, 0.25) is 0 Å². The fourth-order valence-corrected chi connectivity index (χ4v) is 3.73. The minimum absolute atomic E-state index is 0.0275. The first-order valence-corrected chi connectivity index (χ1v) is 10.3. The molecular formula is C16H12N2O8S2. The molecule has 28 heavy (non-hydrogen) atoms. The van der Waals surface area contributed by atoms with Gasteiger partial charge in [-0.1, -0.05) is 18.2 Å². The van der Waals surface area contributed by atoms with Crippen molar-refractivity contribution in [2.75, 3.05) is 0 Å². The zero-order valence-electron chi connectivity index (χ0n) is 13.8. The fourth-order valence-electron chi connectivity index (χ4n) is 2.50. The Labute approximate surface area is 158 Å². The molecule has 0 aliphatic heterocycles. The predicted octanol–water partition coefficient (Wildman–Crippen LogP) is 3.16. The Morgan fingerprint density at radius 2 is 1.46 bits per heavy atom. The number of benzene rings is 3. The van der Waals surface area contributed by atoms with Gasteiger partial charge in [-0.2, -0.15) is 21.9 Å². The highest BCUT2D eigenvalue weighted by molar-refractivity contribution is 7.86. The van der Waals surface area contributed by atoms with Crippen LogP contribution in [-0.2, 0) is 20.2 Å². The summed E-state index contributed by atoms with van der Waals surface area (Å²) in [6, 6.07) is 9.40. The monoisotopic (exact) mass is 424 g/mol. The highest BCUT2D eigenvalue weighted by atomic mass is 32.2. The van der Waals surface area contributed by atoms with E-state index in [1.165, 1.54) is 30.3 Å². The number of rotatable bonds is 4. The quantitative estimate of drug-likeness (QED) is 0.365. The van der Waals surface area contributed by atoms with E-state index in [-0.39, 0.29) is 16.5 Å². The predicted molar refractivity (Wildman–Crippen MR) is 97.5 cm³/mol. The molecule has 0 atom stereocenters. The number of phenols is 2. The average molecular weight is 424 g/mol. The molecule has 146 valence electrons. The molecule has 0 saturated heterocycles. The molecule has 0 saturated carbocycles. The summed E-state index contributed by atoms with van der Waals surface area (Å²) in [5.41, 5.74) is -0.431. The molecule has 12 heteroatoms. The van der Waals surface area contributed by atoms with Crippen molar-refractivity contribution in [3.05, 3.63) is 48.5 Å². The van der Waals surface area contributed by atoms with Gasteiger partial charge in [-0.05, 0) is 30.3 Å². The highest BCUT2D eigenvalue weighted by Gasteiger charge is 2.21. The Morgan fingerprint density at radius 3 is 2.11 bits per heavy atom. The minimum atomic E-state index is -4.73. The van der Waals surface area contributed by atoms with Crippen LogP contribution in [0.3, 0.4) is 0 Å². The van der Waals surface area contributed by atoms with Crippen LogP contribution in [0, 0.1) is 0 Å². The summed E-state index contributed by atoms with van der Waals surface area (Å²) in [6.07, 6.45) is 0. The maximum Gasteiger partial charge on any atom is 0.295 e. The van der Waals surface area contributed by atoms with E-state index >= 15 is 0 Å². The summed E-state index contributed by atoms with van der Waals surface area (Å²) >= 11 is 0. The zero-order valence-corrected chi connectivity index (χ0v) is 15.4. The summed E-state index contributed by atoms with van der Waals surface area (Å²) in [4.78, 5) is -1.06. The number of hydrogen-bond acceptors (Lipinski definition) is 8. The largest absolute Gasteiger partial charge is 0.507 e. The van der Waals surface area contributed by atoms with Crippen molar-refractivity contribution in [3.8, 4) is 11.5 Å². The van der Waals surface area contributed by atoms with Crippen LogP contribution in [0.25, 0.3) is 10.8 Å². The molecule has 0 spiro atoms. The number of azo groups is 1. The number of hydrogen-bond donors (Lipinski definition) is 4. The summed E-state index contributed by atoms with van der Waals surface area (Å²) in [6.45, 7) is 0. The van der Waals surface area contributed by atoms with Crippen molar-refractivity contribution in [2.24, 2.45) is 10.2 Å². The van der Waals surface area contributed by atoms with Crippen molar-refractivity contribution >= 4 is 42.4 Å². The van der Waals surface area contributed by atoms with E-state index in [2.05, 4.69) is 10.2 Å². The van der Waals surface area contributed by atoms with E-state index in [9.17, 15) is 31.6 Å². The first-order chi connectivity index (χ1) is 13.0. The van der Waals surface area contributed by atoms with E-state index in [4.69, 9.17) is 4.55 Å². The molecule has 3 aromatic carbocycles. The van der Waals surface area contributed by atoms with Crippen molar-refractivity contribution in [2.45, 2.75) is 9.79 Å². The Bertz CT molecular complexity index is 1330. The van der Waals surface area contributed by atoms with E-state index in [1.54, 1.807) is 0 Å². The molecule has 0 fully saturated rings. The summed E-state index contributed by atoms with van der Waals surface area (Å²) in [7, 11) is -9.20. The Balaban J connectivity index is 2.21. The van der Waals surface area contributed by atoms with Gasteiger partial charge < -0.3 is 10.2 Å². The van der Waals surface area contributed by atoms with Crippen molar-refractivity contribution in [3.63, 3.8) is 0 Å². The fraction of sp³-hybridized carbons (Fsp3) is 0. The van der Waals surface area contributed by atoms with Gasteiger partial charge in [-0.3, -0.25) is 9.11 Å². The molecule has 3 aromatic rings. The number of fused-ring (bicyclic) bond motifs is 1. The van der Waals surface area contributed by atoms with Gasteiger partial charge in [0.05, 0.1) is 16.0 Å². The molecule has 0 unspecified atom stereocenters. The molecular weight excluding hydrogens is 412 g/mol. The topological polar surface area (TPSA) is 174 Å². The van der Waals surface area contributed by atoms with Crippen LogP contribution in [-0.4, -0.2) is 36.2 Å². The first-order valence-electron chi connectivity index (χ1n) is 7.43. The van der Waals surface area contributed by atoms with Gasteiger partial charge in [0.15, 0.2) is 5.75 Å². The second-order valence-corrected chi connectivity index (χ2v) is 8.40. The summed E-state index contributed by atoms with van der Waals surface area (Å²) in [5.74, 6) is -1.06. The molecule has 10 nitrogen and oxygen atoms in total. The van der Waals surface area contributed by atoms with Crippen molar-refractivity contribution in [1.29, 1.82) is 0 Å². The third-order valence-electron chi connectivity index (χ3n) is 3.72. The molecule has 0 aliphatic rings. The summed E-state index contributed by atoms with van der Waals surface area (Å²) < 4.78 is 64.2. The molecule has 3 rings (SSSR count). The van der Waals surface area contributed by atoms with E-state index in [1.807, 2.05) is 0 Å². The van der Waals surface area contributed by atoms with Crippen LogP contribution in [0.1, 0.15) is 0 Å². The van der Waals surface area contributed by atoms with Crippen LogP contribution < -0.4 is 0 Å². The maximum atomic E-state index is 11.7. The van der Waals surface area contributed by atoms with E-state index < -0.39 is 47.2 Å². The average Bonchev–Trinajstić information content (AvgIpc) is 2.59. The van der Waals surface area contributed by atoms with Crippen molar-refractivity contribution in [1.82, 2.24) is 0 Å². The van der Waals surface area contributed by atoms with Crippen molar-refractivity contribution < 1.29 is 36.2 Å². The van der Waals surface area contributed by atoms with Gasteiger partial charge in [0.2, 0.25) is 0 Å². The summed E-state index contributed by atoms with van der Waals surface area (Å²) in [5, 5.41) is 27.3. The van der Waals surface area contributed by atoms with Gasteiger partial charge in [-0.25, -0.2) is 0 Å². The normalized spacial score (nSPS) is 12.6. The van der Waals surface area contributed by atoms with Crippen LogP contribution in [0.5, 0.6) is 11.5 Å². The van der Waals surface area contributed by atoms with Gasteiger partial charge in [0, 0.05) is 5.39 Å². The van der Waals surface area contributed by atoms with Gasteiger partial charge in [0.1, 0.15) is 16.3 Å². The third-order valence-corrected chi connectivity index (χ3v) is 5.46. The maximum absolute atomic E-state index is 11.7. The number of aromatic hydroxyl groups is 2. The highest BCUT2D eigenvalue weighted by Crippen LogP contribution is 2.43. The molecule has 0 bridgehead atoms. The lowest BCUT2D eigenvalue weighted by Crippen LogP contribution is -1.99. The SMILES string of the molecule is O=S(=O)(O)c1cccc(N=Nc2cc(S(=O)(=O)O)c3cccc(O)c3c2O)c1. The second kappa shape index (κ2) is 6.83. The number of phenolic OH excluding ortho intramolecular Hbond substituents is 2. The van der Waals surface area contributed by atoms with Crippen LogP contribution in [0.15, 0.2) is 68.6 Å². The van der Waals surface area contributed by atoms with Gasteiger partial charge in [-0.15, -0.1) is 5.11 Å². The van der Waals surface area contributed by atoms with E-state index in [0.29, 0.717) is 0 Å². The lowest BCUT2D eigenvalue weighted by atomic mass is 10.1. The minimum Gasteiger partial charge on any atom is -0.507 e. The molecule has 0 aliphatic carbocycles. The number of nitrogens with zero attached hydrogens (tertiary/aromatic N) is 2. The van der Waals surface area contributed by atoms with Crippen LogP contribution in [0.4, 0.5) is 11.4 Å². The van der Waals surface area contributed by atoms with E-state index in [0.717, 1.165) is 18.2 Å². The second-order valence-electron chi connectivity index (χ2n) is 5.59. The Morgan fingerprint density at radius 1 is 0.786 bits per heavy atom. The Hall–Kier alpha value is -3.06. The molecule has 0 radical (unpaired) electrons. The molecule has 0 heterocycles. The smallest absolute Gasteiger partial charge is 0.295 e. The molecule has 4 N–H and O–H groups in total. The zero-order chi connectivity index (χ0) is 20.7. The van der Waals surface area contributed by atoms with Gasteiger partial charge >= 0.3 is 0 Å². The molecule has 0 aromatic heterocycles. The lowest BCUT2D eigenvalue weighted by molar-refractivity contribution is 0.463. The standard InChI is InChI=1S/C16H12N2O8S2/c19-13-6-2-5-11-14(28(24,25)26)8-12(16(20)15(11)13)18-17-9-3-1-4-10(7-9)27(21,22)23/h1-8,19-20H,(H,21,22,23)(H,24,25,26).